The van der Waals surface area contributed by atoms with Crippen molar-refractivity contribution in [3.8, 4) is 11.4 Å². The van der Waals surface area contributed by atoms with E-state index >= 15 is 0 Å². The highest BCUT2D eigenvalue weighted by Gasteiger charge is 2.14. The lowest BCUT2D eigenvalue weighted by atomic mass is 10.2. The van der Waals surface area contributed by atoms with Crippen molar-refractivity contribution in [1.82, 2.24) is 19.7 Å². The molecule has 2 aromatic heterocycles. The van der Waals surface area contributed by atoms with Crippen molar-refractivity contribution in [3.63, 3.8) is 0 Å². The number of halogens is 1. The minimum Gasteiger partial charge on any atom is -0.325 e. The topological polar surface area (TPSA) is 89.8 Å². The zero-order chi connectivity index (χ0) is 25.8. The second kappa shape index (κ2) is 11.6. The highest BCUT2D eigenvalue weighted by atomic mass is 79.9. The summed E-state index contributed by atoms with van der Waals surface area (Å²) in [6.07, 6.45) is 0. The van der Waals surface area contributed by atoms with Crippen LogP contribution in [0.2, 0.25) is 0 Å². The molecular weight excluding hydrogens is 590 g/mol. The van der Waals surface area contributed by atoms with Gasteiger partial charge in [0.05, 0.1) is 21.7 Å². The van der Waals surface area contributed by atoms with Gasteiger partial charge in [0.1, 0.15) is 0 Å². The first-order valence-corrected chi connectivity index (χ1v) is 14.7. The number of Topliss-reactive ketones (excluding diaryl/α,β-unsaturated/α-hetero) is 1. The maximum absolute atomic E-state index is 12.6. The van der Waals surface area contributed by atoms with E-state index in [0.29, 0.717) is 22.2 Å². The van der Waals surface area contributed by atoms with E-state index in [-0.39, 0.29) is 17.4 Å². The molecule has 7 nitrogen and oxygen atoms in total. The Morgan fingerprint density at radius 2 is 1.76 bits per heavy atom. The van der Waals surface area contributed by atoms with Crippen LogP contribution in [0.5, 0.6) is 0 Å². The van der Waals surface area contributed by atoms with Crippen molar-refractivity contribution < 1.29 is 9.59 Å². The maximum atomic E-state index is 12.6. The molecule has 0 aliphatic carbocycles. The standard InChI is InChI=1S/C26H20BrN5O2S3/c1-32-24(17-5-3-2-4-6-17)30-31-25(32)35-15-23(34)28-19-11-12-20-22(13-19)37-26(29-20)36-14-21(33)16-7-9-18(27)10-8-16/h2-13H,14-15H2,1H3,(H,28,34). The molecule has 0 atom stereocenters. The summed E-state index contributed by atoms with van der Waals surface area (Å²) < 4.78 is 4.59. The van der Waals surface area contributed by atoms with Crippen LogP contribution in [0.15, 0.2) is 86.8 Å². The molecule has 2 heterocycles. The summed E-state index contributed by atoms with van der Waals surface area (Å²) in [5, 5.41) is 12.1. The Bertz CT molecular complexity index is 1570. The normalized spacial score (nSPS) is 11.1. The molecule has 186 valence electrons. The number of ketones is 1. The highest BCUT2D eigenvalue weighted by Crippen LogP contribution is 2.32. The van der Waals surface area contributed by atoms with Crippen LogP contribution in [-0.2, 0) is 11.8 Å². The third-order valence-corrected chi connectivity index (χ3v) is 9.05. The largest absolute Gasteiger partial charge is 0.325 e. The van der Waals surface area contributed by atoms with Gasteiger partial charge in [-0.1, -0.05) is 81.9 Å². The number of rotatable bonds is 9. The zero-order valence-corrected chi connectivity index (χ0v) is 23.6. The van der Waals surface area contributed by atoms with Crippen LogP contribution in [-0.4, -0.2) is 42.9 Å². The van der Waals surface area contributed by atoms with Gasteiger partial charge < -0.3 is 9.88 Å². The molecule has 5 rings (SSSR count). The Morgan fingerprint density at radius 1 is 0.973 bits per heavy atom. The number of benzene rings is 3. The van der Waals surface area contributed by atoms with E-state index in [1.807, 2.05) is 84.4 Å². The molecule has 0 fully saturated rings. The maximum Gasteiger partial charge on any atom is 0.234 e. The van der Waals surface area contributed by atoms with Gasteiger partial charge in [-0.3, -0.25) is 9.59 Å². The molecule has 11 heteroatoms. The average molecular weight is 611 g/mol. The number of hydrogen-bond donors (Lipinski definition) is 1. The van der Waals surface area contributed by atoms with Gasteiger partial charge in [0.2, 0.25) is 5.91 Å². The molecule has 0 spiro atoms. The summed E-state index contributed by atoms with van der Waals surface area (Å²) in [4.78, 5) is 29.7. The van der Waals surface area contributed by atoms with E-state index in [1.54, 1.807) is 0 Å². The lowest BCUT2D eigenvalue weighted by Gasteiger charge is -2.06. The molecule has 3 aromatic carbocycles. The molecular formula is C26H20BrN5O2S3. The van der Waals surface area contributed by atoms with Gasteiger partial charge in [-0.2, -0.15) is 0 Å². The van der Waals surface area contributed by atoms with E-state index in [9.17, 15) is 9.59 Å². The number of hydrogen-bond acceptors (Lipinski definition) is 8. The molecule has 0 unspecified atom stereocenters. The number of nitrogens with one attached hydrogen (secondary N) is 1. The van der Waals surface area contributed by atoms with Crippen molar-refractivity contribution in [3.05, 3.63) is 82.8 Å². The Balaban J connectivity index is 1.17. The minimum atomic E-state index is -0.132. The second-order valence-corrected chi connectivity index (χ2v) is 12.1. The molecule has 0 saturated heterocycles. The quantitative estimate of drug-likeness (QED) is 0.149. The van der Waals surface area contributed by atoms with Crippen LogP contribution >= 0.6 is 50.8 Å². The van der Waals surface area contributed by atoms with Crippen LogP contribution in [0.1, 0.15) is 10.4 Å². The number of amides is 1. The summed E-state index contributed by atoms with van der Waals surface area (Å²) in [5.41, 5.74) is 3.19. The van der Waals surface area contributed by atoms with E-state index in [1.165, 1.54) is 34.9 Å². The Hall–Kier alpha value is -2.99. The van der Waals surface area contributed by atoms with E-state index < -0.39 is 0 Å². The summed E-state index contributed by atoms with van der Waals surface area (Å²) in [6.45, 7) is 0. The van der Waals surface area contributed by atoms with Gasteiger partial charge >= 0.3 is 0 Å². The lowest BCUT2D eigenvalue weighted by molar-refractivity contribution is -0.113. The number of aromatic nitrogens is 4. The number of carbonyl (C=O) groups excluding carboxylic acids is 2. The van der Waals surface area contributed by atoms with Crippen LogP contribution in [0.25, 0.3) is 21.6 Å². The average Bonchev–Trinajstić information content (AvgIpc) is 3.49. The first-order valence-electron chi connectivity index (χ1n) is 11.2. The number of carbonyl (C=O) groups is 2. The number of anilines is 1. The summed E-state index contributed by atoms with van der Waals surface area (Å²) >= 11 is 7.64. The highest BCUT2D eigenvalue weighted by molar-refractivity contribution is 9.10. The van der Waals surface area contributed by atoms with E-state index in [2.05, 4.69) is 36.4 Å². The monoisotopic (exact) mass is 609 g/mol. The van der Waals surface area contributed by atoms with Crippen LogP contribution in [0.3, 0.4) is 0 Å². The van der Waals surface area contributed by atoms with Crippen LogP contribution in [0, 0.1) is 0 Å². The van der Waals surface area contributed by atoms with E-state index in [0.717, 1.165) is 30.4 Å². The van der Waals surface area contributed by atoms with E-state index in [4.69, 9.17) is 0 Å². The van der Waals surface area contributed by atoms with Gasteiger partial charge in [0.15, 0.2) is 21.1 Å². The van der Waals surface area contributed by atoms with Crippen molar-refractivity contribution in [1.29, 1.82) is 0 Å². The van der Waals surface area contributed by atoms with Gasteiger partial charge in [-0.05, 0) is 30.3 Å². The SMILES string of the molecule is Cn1c(SCC(=O)Nc2ccc3nc(SCC(=O)c4ccc(Br)cc4)sc3c2)nnc1-c1ccccc1. The van der Waals surface area contributed by atoms with Gasteiger partial charge in [0.25, 0.3) is 0 Å². The van der Waals surface area contributed by atoms with Crippen molar-refractivity contribution in [2.45, 2.75) is 9.50 Å². The van der Waals surface area contributed by atoms with Crippen LogP contribution < -0.4 is 5.32 Å². The Kier molecular flexibility index (Phi) is 8.04. The molecule has 0 aliphatic heterocycles. The molecule has 0 radical (unpaired) electrons. The Morgan fingerprint density at radius 3 is 2.54 bits per heavy atom. The third kappa shape index (κ3) is 6.30. The second-order valence-electron chi connectivity index (χ2n) is 7.95. The number of thioether (sulfide) groups is 2. The smallest absolute Gasteiger partial charge is 0.234 e. The Labute approximate surface area is 234 Å². The predicted octanol–water partition coefficient (Wildman–Crippen LogP) is 6.56. The van der Waals surface area contributed by atoms with Crippen molar-refractivity contribution in [2.24, 2.45) is 7.05 Å². The number of fused-ring (bicyclic) bond motifs is 1. The lowest BCUT2D eigenvalue weighted by Crippen LogP contribution is -2.14. The molecule has 37 heavy (non-hydrogen) atoms. The van der Waals surface area contributed by atoms with Crippen LogP contribution in [0.4, 0.5) is 5.69 Å². The molecule has 1 amide bonds. The molecule has 5 aromatic rings. The molecule has 0 bridgehead atoms. The minimum absolute atomic E-state index is 0.0565. The molecule has 0 aliphatic rings. The molecule has 1 N–H and O–H groups in total. The predicted molar refractivity (Wildman–Crippen MR) is 155 cm³/mol. The fraction of sp³-hybridized carbons (Fsp3) is 0.115. The molecule has 0 saturated carbocycles. The van der Waals surface area contributed by atoms with Gasteiger partial charge in [-0.25, -0.2) is 4.98 Å². The fourth-order valence-electron chi connectivity index (χ4n) is 3.50. The van der Waals surface area contributed by atoms with Crippen molar-refractivity contribution in [2.75, 3.05) is 16.8 Å². The zero-order valence-electron chi connectivity index (χ0n) is 19.6. The third-order valence-electron chi connectivity index (χ3n) is 5.34. The number of thiazole rings is 1. The van der Waals surface area contributed by atoms with Crippen molar-refractivity contribution >= 4 is 78.4 Å². The number of nitrogens with zero attached hydrogens (tertiary/aromatic N) is 4. The summed E-state index contributed by atoms with van der Waals surface area (Å²) in [5.74, 6) is 1.21. The fourth-order valence-corrected chi connectivity index (χ4v) is 6.47. The first kappa shape index (κ1) is 25.7. The van der Waals surface area contributed by atoms with Gasteiger partial charge in [0, 0.05) is 28.3 Å². The summed E-state index contributed by atoms with van der Waals surface area (Å²) in [6, 6.07) is 22.8. The summed E-state index contributed by atoms with van der Waals surface area (Å²) in [7, 11) is 1.89. The first-order chi connectivity index (χ1) is 18.0. The van der Waals surface area contributed by atoms with Gasteiger partial charge in [-0.15, -0.1) is 21.5 Å².